The number of rotatable bonds is 4. The molecule has 0 unspecified atom stereocenters. The second kappa shape index (κ2) is 6.64. The maximum Gasteiger partial charge on any atom is 0.173 e. The van der Waals surface area contributed by atoms with Crippen LogP contribution in [0.5, 0.6) is 5.75 Å². The van der Waals surface area contributed by atoms with E-state index in [-0.39, 0.29) is 23.7 Å². The highest BCUT2D eigenvalue weighted by molar-refractivity contribution is 5.82. The van der Waals surface area contributed by atoms with Crippen LogP contribution >= 0.6 is 0 Å². The van der Waals surface area contributed by atoms with Gasteiger partial charge in [-0.1, -0.05) is 57.7 Å². The van der Waals surface area contributed by atoms with Crippen molar-refractivity contribution < 1.29 is 9.53 Å². The zero-order valence-electron chi connectivity index (χ0n) is 13.9. The Morgan fingerprint density at radius 3 is 2.48 bits per heavy atom. The molecule has 1 aromatic rings. The van der Waals surface area contributed by atoms with Gasteiger partial charge < -0.3 is 4.74 Å². The van der Waals surface area contributed by atoms with E-state index >= 15 is 0 Å². The minimum atomic E-state index is 0.0231. The van der Waals surface area contributed by atoms with Gasteiger partial charge >= 0.3 is 0 Å². The predicted octanol–water partition coefficient (Wildman–Crippen LogP) is 4.82. The first-order valence-electron chi connectivity index (χ1n) is 8.14. The minimum absolute atomic E-state index is 0.0231. The molecular weight excluding hydrogens is 260 g/mol. The standard InChI is InChI=1S/C19H28O2/c1-14-10-11-18(16(12-14)19(2,3)4)21-13-17(20)15-8-6-5-7-9-15/h10-12,15H,5-9,13H2,1-4H3. The fraction of sp³-hybridized carbons (Fsp3) is 0.632. The van der Waals surface area contributed by atoms with Gasteiger partial charge in [0.15, 0.2) is 5.78 Å². The molecular formula is C19H28O2. The van der Waals surface area contributed by atoms with Gasteiger partial charge in [-0.25, -0.2) is 0 Å². The summed E-state index contributed by atoms with van der Waals surface area (Å²) in [6.45, 7) is 8.84. The largest absolute Gasteiger partial charge is 0.486 e. The molecule has 0 spiro atoms. The van der Waals surface area contributed by atoms with Crippen LogP contribution in [0, 0.1) is 12.8 Å². The summed E-state index contributed by atoms with van der Waals surface area (Å²) in [6, 6.07) is 6.22. The molecule has 2 heteroatoms. The van der Waals surface area contributed by atoms with Crippen molar-refractivity contribution in [3.63, 3.8) is 0 Å². The average Bonchev–Trinajstić information content (AvgIpc) is 2.45. The van der Waals surface area contributed by atoms with Crippen LogP contribution < -0.4 is 4.74 Å². The van der Waals surface area contributed by atoms with Crippen molar-refractivity contribution in [1.82, 2.24) is 0 Å². The van der Waals surface area contributed by atoms with Gasteiger partial charge in [0.2, 0.25) is 0 Å². The Labute approximate surface area is 128 Å². The summed E-state index contributed by atoms with van der Waals surface area (Å²) in [5.41, 5.74) is 2.43. The lowest BCUT2D eigenvalue weighted by atomic mass is 9.85. The van der Waals surface area contributed by atoms with Crippen molar-refractivity contribution in [2.75, 3.05) is 6.61 Å². The third-order valence-electron chi connectivity index (χ3n) is 4.37. The van der Waals surface area contributed by atoms with Crippen LogP contribution in [0.1, 0.15) is 64.0 Å². The van der Waals surface area contributed by atoms with Crippen molar-refractivity contribution in [3.8, 4) is 5.75 Å². The molecule has 0 aliphatic heterocycles. The Morgan fingerprint density at radius 2 is 1.86 bits per heavy atom. The minimum Gasteiger partial charge on any atom is -0.486 e. The molecule has 0 radical (unpaired) electrons. The number of hydrogen-bond acceptors (Lipinski definition) is 2. The van der Waals surface area contributed by atoms with E-state index in [1.165, 1.54) is 30.4 Å². The lowest BCUT2D eigenvalue weighted by Gasteiger charge is -2.24. The highest BCUT2D eigenvalue weighted by atomic mass is 16.5. The van der Waals surface area contributed by atoms with Gasteiger partial charge in [0.1, 0.15) is 12.4 Å². The van der Waals surface area contributed by atoms with E-state index in [0.29, 0.717) is 0 Å². The Kier molecular flexibility index (Phi) is 5.08. The van der Waals surface area contributed by atoms with Gasteiger partial charge in [0.25, 0.3) is 0 Å². The zero-order valence-corrected chi connectivity index (χ0v) is 13.9. The SMILES string of the molecule is Cc1ccc(OCC(=O)C2CCCCC2)c(C(C)(C)C)c1. The molecule has 1 saturated carbocycles. The second-order valence-corrected chi connectivity index (χ2v) is 7.34. The number of benzene rings is 1. The van der Waals surface area contributed by atoms with Crippen LogP contribution in [0.2, 0.25) is 0 Å². The summed E-state index contributed by atoms with van der Waals surface area (Å²) in [5, 5.41) is 0. The Hall–Kier alpha value is -1.31. The first kappa shape index (κ1) is 16.1. The molecule has 2 rings (SSSR count). The van der Waals surface area contributed by atoms with Crippen LogP contribution in [0.15, 0.2) is 18.2 Å². The third-order valence-corrected chi connectivity index (χ3v) is 4.37. The topological polar surface area (TPSA) is 26.3 Å². The summed E-state index contributed by atoms with van der Waals surface area (Å²) < 4.78 is 5.88. The predicted molar refractivity (Wildman–Crippen MR) is 87.0 cm³/mol. The number of aryl methyl sites for hydroxylation is 1. The summed E-state index contributed by atoms with van der Waals surface area (Å²) >= 11 is 0. The molecule has 1 aliphatic carbocycles. The lowest BCUT2D eigenvalue weighted by molar-refractivity contribution is -0.125. The number of carbonyl (C=O) groups is 1. The van der Waals surface area contributed by atoms with Crippen LogP contribution in [-0.2, 0) is 10.2 Å². The van der Waals surface area contributed by atoms with Crippen LogP contribution in [0.3, 0.4) is 0 Å². The van der Waals surface area contributed by atoms with Gasteiger partial charge in [0.05, 0.1) is 0 Å². The van der Waals surface area contributed by atoms with Crippen molar-refractivity contribution in [2.24, 2.45) is 5.92 Å². The smallest absolute Gasteiger partial charge is 0.173 e. The highest BCUT2D eigenvalue weighted by Crippen LogP contribution is 2.32. The molecule has 0 heterocycles. The normalized spacial score (nSPS) is 16.8. The summed E-state index contributed by atoms with van der Waals surface area (Å²) in [5.74, 6) is 1.36. The molecule has 1 aromatic carbocycles. The van der Waals surface area contributed by atoms with Crippen LogP contribution in [0.25, 0.3) is 0 Å². The number of carbonyl (C=O) groups excluding carboxylic acids is 1. The van der Waals surface area contributed by atoms with Gasteiger partial charge in [-0.3, -0.25) is 4.79 Å². The maximum absolute atomic E-state index is 12.3. The second-order valence-electron chi connectivity index (χ2n) is 7.34. The molecule has 0 aromatic heterocycles. The van der Waals surface area contributed by atoms with Gasteiger partial charge in [-0.05, 0) is 36.8 Å². The first-order chi connectivity index (χ1) is 9.88. The van der Waals surface area contributed by atoms with E-state index in [4.69, 9.17) is 4.74 Å². The summed E-state index contributed by atoms with van der Waals surface area (Å²) in [7, 11) is 0. The van der Waals surface area contributed by atoms with E-state index in [1.54, 1.807) is 0 Å². The van der Waals surface area contributed by atoms with E-state index in [0.717, 1.165) is 18.6 Å². The Morgan fingerprint density at radius 1 is 1.19 bits per heavy atom. The van der Waals surface area contributed by atoms with Crippen molar-refractivity contribution in [3.05, 3.63) is 29.3 Å². The van der Waals surface area contributed by atoms with Crippen LogP contribution in [-0.4, -0.2) is 12.4 Å². The molecule has 0 saturated heterocycles. The Balaban J connectivity index is 2.04. The van der Waals surface area contributed by atoms with Crippen molar-refractivity contribution in [1.29, 1.82) is 0 Å². The zero-order chi connectivity index (χ0) is 15.5. The van der Waals surface area contributed by atoms with Gasteiger partial charge in [-0.2, -0.15) is 0 Å². The molecule has 21 heavy (non-hydrogen) atoms. The molecule has 0 amide bonds. The molecule has 0 atom stereocenters. The number of hydrogen-bond donors (Lipinski definition) is 0. The van der Waals surface area contributed by atoms with Gasteiger partial charge in [0, 0.05) is 5.92 Å². The van der Waals surface area contributed by atoms with E-state index in [9.17, 15) is 4.79 Å². The summed E-state index contributed by atoms with van der Waals surface area (Å²) in [4.78, 5) is 12.3. The van der Waals surface area contributed by atoms with Crippen molar-refractivity contribution >= 4 is 5.78 Å². The fourth-order valence-electron chi connectivity index (χ4n) is 3.05. The fourth-order valence-corrected chi connectivity index (χ4v) is 3.05. The average molecular weight is 288 g/mol. The quantitative estimate of drug-likeness (QED) is 0.794. The molecule has 0 N–H and O–H groups in total. The molecule has 1 aliphatic rings. The van der Waals surface area contributed by atoms with E-state index < -0.39 is 0 Å². The van der Waals surface area contributed by atoms with Crippen molar-refractivity contribution in [2.45, 2.75) is 65.2 Å². The molecule has 0 bridgehead atoms. The molecule has 1 fully saturated rings. The van der Waals surface area contributed by atoms with Gasteiger partial charge in [-0.15, -0.1) is 0 Å². The number of Topliss-reactive ketones (excluding diaryl/α,β-unsaturated/α-hetero) is 1. The first-order valence-corrected chi connectivity index (χ1v) is 8.14. The Bertz CT molecular complexity index is 491. The summed E-state index contributed by atoms with van der Waals surface area (Å²) in [6.07, 6.45) is 5.74. The molecule has 2 nitrogen and oxygen atoms in total. The molecule has 116 valence electrons. The monoisotopic (exact) mass is 288 g/mol. The highest BCUT2D eigenvalue weighted by Gasteiger charge is 2.23. The van der Waals surface area contributed by atoms with Crippen LogP contribution in [0.4, 0.5) is 0 Å². The van der Waals surface area contributed by atoms with E-state index in [1.807, 2.05) is 6.07 Å². The third kappa shape index (κ3) is 4.33. The number of ether oxygens (including phenoxy) is 1. The lowest BCUT2D eigenvalue weighted by Crippen LogP contribution is -2.24. The number of ketones is 1. The maximum atomic E-state index is 12.3. The van der Waals surface area contributed by atoms with E-state index in [2.05, 4.69) is 39.8 Å².